The summed E-state index contributed by atoms with van der Waals surface area (Å²) in [5, 5.41) is 6.34. The van der Waals surface area contributed by atoms with Crippen LogP contribution in [0.25, 0.3) is 0 Å². The summed E-state index contributed by atoms with van der Waals surface area (Å²) in [6.07, 6.45) is 2.77. The van der Waals surface area contributed by atoms with E-state index in [4.69, 9.17) is 4.74 Å². The summed E-state index contributed by atoms with van der Waals surface area (Å²) in [6.45, 7) is 14.0. The minimum Gasteiger partial charge on any atom is -0.381 e. The summed E-state index contributed by atoms with van der Waals surface area (Å²) in [5.41, 5.74) is 0. The quantitative estimate of drug-likeness (QED) is 0.216. The lowest BCUT2D eigenvalue weighted by molar-refractivity contribution is 0.109. The molecule has 0 rings (SSSR count). The van der Waals surface area contributed by atoms with Crippen molar-refractivity contribution in [3.63, 3.8) is 0 Å². The smallest absolute Gasteiger partial charge is 0.191 e. The van der Waals surface area contributed by atoms with Crippen molar-refractivity contribution in [2.24, 2.45) is 10.9 Å². The topological polar surface area (TPSA) is 45.7 Å². The molecule has 0 saturated carbocycles. The average Bonchev–Trinajstić information content (AvgIpc) is 2.29. The third-order valence-electron chi connectivity index (χ3n) is 1.93. The Morgan fingerprint density at radius 3 is 2.67 bits per heavy atom. The maximum Gasteiger partial charge on any atom is 0.191 e. The van der Waals surface area contributed by atoms with Crippen molar-refractivity contribution < 1.29 is 4.74 Å². The van der Waals surface area contributed by atoms with E-state index in [9.17, 15) is 0 Å². The van der Waals surface area contributed by atoms with Gasteiger partial charge in [0.15, 0.2) is 5.96 Å². The lowest BCUT2D eigenvalue weighted by Gasteiger charge is -2.09. The van der Waals surface area contributed by atoms with Crippen LogP contribution in [0.1, 0.15) is 27.2 Å². The van der Waals surface area contributed by atoms with Gasteiger partial charge in [0.05, 0.1) is 0 Å². The Hall–Kier alpha value is -0.300. The highest BCUT2D eigenvalue weighted by Gasteiger charge is 1.95. The molecule has 0 unspecified atom stereocenters. The summed E-state index contributed by atoms with van der Waals surface area (Å²) in [5.74, 6) is 1.45. The summed E-state index contributed by atoms with van der Waals surface area (Å²) in [4.78, 5) is 4.43. The molecule has 0 radical (unpaired) electrons. The number of halogens is 1. The minimum atomic E-state index is 0. The molecule has 0 aliphatic heterocycles. The van der Waals surface area contributed by atoms with Crippen molar-refractivity contribution >= 4 is 29.9 Å². The molecule has 0 spiro atoms. The van der Waals surface area contributed by atoms with Crippen LogP contribution in [-0.2, 0) is 4.74 Å². The van der Waals surface area contributed by atoms with E-state index in [-0.39, 0.29) is 24.0 Å². The van der Waals surface area contributed by atoms with E-state index >= 15 is 0 Å². The third-order valence-corrected chi connectivity index (χ3v) is 1.93. The second kappa shape index (κ2) is 14.8. The SMILES string of the molecule is C=CCNC(=NCCCOCC(C)C)NCC.I. The van der Waals surface area contributed by atoms with Gasteiger partial charge < -0.3 is 15.4 Å². The molecule has 0 aromatic heterocycles. The lowest BCUT2D eigenvalue weighted by atomic mass is 10.2. The van der Waals surface area contributed by atoms with Crippen molar-refractivity contribution in [2.75, 3.05) is 32.8 Å². The molecule has 0 aliphatic carbocycles. The zero-order valence-electron chi connectivity index (χ0n) is 11.9. The molecule has 0 aliphatic rings. The van der Waals surface area contributed by atoms with Crippen LogP contribution in [0.5, 0.6) is 0 Å². The highest BCUT2D eigenvalue weighted by atomic mass is 127. The van der Waals surface area contributed by atoms with Crippen molar-refractivity contribution in [3.8, 4) is 0 Å². The van der Waals surface area contributed by atoms with Crippen LogP contribution in [0.3, 0.4) is 0 Å². The molecule has 0 aromatic carbocycles. The van der Waals surface area contributed by atoms with Crippen LogP contribution in [0, 0.1) is 5.92 Å². The number of hydrogen-bond acceptors (Lipinski definition) is 2. The molecule has 4 nitrogen and oxygen atoms in total. The van der Waals surface area contributed by atoms with E-state index in [2.05, 4.69) is 43.0 Å². The van der Waals surface area contributed by atoms with E-state index in [0.717, 1.165) is 45.2 Å². The molecule has 2 N–H and O–H groups in total. The fourth-order valence-electron chi connectivity index (χ4n) is 1.19. The van der Waals surface area contributed by atoms with Gasteiger partial charge in [-0.05, 0) is 19.3 Å². The lowest BCUT2D eigenvalue weighted by Crippen LogP contribution is -2.37. The van der Waals surface area contributed by atoms with Crippen molar-refractivity contribution in [2.45, 2.75) is 27.2 Å². The fraction of sp³-hybridized carbons (Fsp3) is 0.769. The first kappa shape index (κ1) is 20.0. The molecule has 5 heteroatoms. The van der Waals surface area contributed by atoms with E-state index < -0.39 is 0 Å². The molecule has 0 atom stereocenters. The van der Waals surface area contributed by atoms with Crippen LogP contribution in [0.15, 0.2) is 17.6 Å². The average molecular weight is 369 g/mol. The normalized spacial score (nSPS) is 11.0. The van der Waals surface area contributed by atoms with Gasteiger partial charge in [0.2, 0.25) is 0 Å². The third kappa shape index (κ3) is 13.8. The number of aliphatic imine (C=N–C) groups is 1. The molecule has 0 bridgehead atoms. The molecule has 0 saturated heterocycles. The Morgan fingerprint density at radius 1 is 1.39 bits per heavy atom. The Labute approximate surface area is 129 Å². The van der Waals surface area contributed by atoms with Crippen LogP contribution in [-0.4, -0.2) is 38.8 Å². The van der Waals surface area contributed by atoms with Crippen LogP contribution >= 0.6 is 24.0 Å². The zero-order valence-corrected chi connectivity index (χ0v) is 14.2. The summed E-state index contributed by atoms with van der Waals surface area (Å²) < 4.78 is 5.49. The predicted octanol–water partition coefficient (Wildman–Crippen LogP) is 2.41. The molecule has 18 heavy (non-hydrogen) atoms. The predicted molar refractivity (Wildman–Crippen MR) is 89.9 cm³/mol. The highest BCUT2D eigenvalue weighted by Crippen LogP contribution is 1.93. The number of rotatable bonds is 9. The van der Waals surface area contributed by atoms with E-state index in [0.29, 0.717) is 5.92 Å². The van der Waals surface area contributed by atoms with Crippen molar-refractivity contribution in [1.29, 1.82) is 0 Å². The first-order chi connectivity index (χ1) is 8.20. The summed E-state index contributed by atoms with van der Waals surface area (Å²) >= 11 is 0. The number of nitrogens with zero attached hydrogens (tertiary/aromatic N) is 1. The van der Waals surface area contributed by atoms with Crippen LogP contribution < -0.4 is 10.6 Å². The fourth-order valence-corrected chi connectivity index (χ4v) is 1.19. The van der Waals surface area contributed by atoms with Crippen LogP contribution in [0.4, 0.5) is 0 Å². The molecule has 0 fully saturated rings. The van der Waals surface area contributed by atoms with Gasteiger partial charge in [0, 0.05) is 32.8 Å². The van der Waals surface area contributed by atoms with Gasteiger partial charge >= 0.3 is 0 Å². The molecule has 108 valence electrons. The van der Waals surface area contributed by atoms with E-state index in [1.54, 1.807) is 0 Å². The molecule has 0 aromatic rings. The molecule has 0 heterocycles. The first-order valence-electron chi connectivity index (χ1n) is 6.41. The monoisotopic (exact) mass is 369 g/mol. The van der Waals surface area contributed by atoms with E-state index in [1.807, 2.05) is 6.08 Å². The molecular formula is C13H28IN3O. The zero-order chi connectivity index (χ0) is 12.9. The molecule has 0 amide bonds. The van der Waals surface area contributed by atoms with Crippen molar-refractivity contribution in [1.82, 2.24) is 10.6 Å². The standard InChI is InChI=1S/C13H27N3O.HI/c1-5-8-15-13(14-6-2)16-9-7-10-17-11-12(3)4;/h5,12H,1,6-11H2,2-4H3,(H2,14,15,16);1H. The Kier molecular flexibility index (Phi) is 16.4. The van der Waals surface area contributed by atoms with Gasteiger partial charge in [-0.3, -0.25) is 4.99 Å². The van der Waals surface area contributed by atoms with Gasteiger partial charge in [-0.2, -0.15) is 0 Å². The largest absolute Gasteiger partial charge is 0.381 e. The highest BCUT2D eigenvalue weighted by molar-refractivity contribution is 14.0. The number of hydrogen-bond donors (Lipinski definition) is 2. The van der Waals surface area contributed by atoms with E-state index in [1.165, 1.54) is 0 Å². The van der Waals surface area contributed by atoms with Gasteiger partial charge in [-0.1, -0.05) is 19.9 Å². The second-order valence-corrected chi connectivity index (χ2v) is 4.25. The van der Waals surface area contributed by atoms with Gasteiger partial charge in [0.25, 0.3) is 0 Å². The number of guanidine groups is 1. The van der Waals surface area contributed by atoms with Crippen molar-refractivity contribution in [3.05, 3.63) is 12.7 Å². The Bertz CT molecular complexity index is 220. The maximum atomic E-state index is 5.49. The Morgan fingerprint density at radius 2 is 2.11 bits per heavy atom. The second-order valence-electron chi connectivity index (χ2n) is 4.25. The summed E-state index contributed by atoms with van der Waals surface area (Å²) in [6, 6.07) is 0. The van der Waals surface area contributed by atoms with Gasteiger partial charge in [-0.15, -0.1) is 30.6 Å². The van der Waals surface area contributed by atoms with Gasteiger partial charge in [-0.25, -0.2) is 0 Å². The first-order valence-corrected chi connectivity index (χ1v) is 6.41. The minimum absolute atomic E-state index is 0. The maximum absolute atomic E-state index is 5.49. The number of ether oxygens (including phenoxy) is 1. The molecular weight excluding hydrogens is 341 g/mol. The van der Waals surface area contributed by atoms with Crippen LogP contribution in [0.2, 0.25) is 0 Å². The summed E-state index contributed by atoms with van der Waals surface area (Å²) in [7, 11) is 0. The number of nitrogens with one attached hydrogen (secondary N) is 2. The Balaban J connectivity index is 0. The van der Waals surface area contributed by atoms with Gasteiger partial charge in [0.1, 0.15) is 0 Å².